The van der Waals surface area contributed by atoms with E-state index in [1.807, 2.05) is 6.07 Å². The van der Waals surface area contributed by atoms with Crippen LogP contribution in [0.4, 0.5) is 25.7 Å². The third-order valence-corrected chi connectivity index (χ3v) is 4.18. The fourth-order valence-electron chi connectivity index (χ4n) is 2.08. The van der Waals surface area contributed by atoms with E-state index in [-0.39, 0.29) is 10.8 Å². The first kappa shape index (κ1) is 17.6. The number of carbonyl (C=O) groups is 2. The van der Waals surface area contributed by atoms with E-state index in [9.17, 15) is 14.0 Å². The van der Waals surface area contributed by atoms with Gasteiger partial charge in [0.2, 0.25) is 0 Å². The van der Waals surface area contributed by atoms with Crippen molar-refractivity contribution in [2.45, 2.75) is 6.92 Å². The van der Waals surface area contributed by atoms with Crippen molar-refractivity contribution >= 4 is 39.8 Å². The number of urea groups is 1. The maximum absolute atomic E-state index is 13.5. The number of anilines is 3. The second kappa shape index (κ2) is 7.75. The maximum Gasteiger partial charge on any atom is 0.325 e. The zero-order valence-corrected chi connectivity index (χ0v) is 14.6. The van der Waals surface area contributed by atoms with Gasteiger partial charge < -0.3 is 10.6 Å². The number of aromatic nitrogens is 1. The molecule has 0 spiro atoms. The summed E-state index contributed by atoms with van der Waals surface area (Å²) in [5.41, 5.74) is 1.60. The zero-order chi connectivity index (χ0) is 18.5. The lowest BCUT2D eigenvalue weighted by atomic mass is 10.2. The number of nitrogens with one attached hydrogen (secondary N) is 3. The van der Waals surface area contributed by atoms with E-state index in [2.05, 4.69) is 20.9 Å². The van der Waals surface area contributed by atoms with E-state index in [1.54, 1.807) is 43.3 Å². The van der Waals surface area contributed by atoms with Crippen molar-refractivity contribution in [2.24, 2.45) is 0 Å². The molecule has 0 saturated heterocycles. The van der Waals surface area contributed by atoms with Gasteiger partial charge in [0.15, 0.2) is 5.13 Å². The Hall–Kier alpha value is -3.26. The quantitative estimate of drug-likeness (QED) is 0.633. The molecule has 1 aromatic heterocycles. The zero-order valence-electron chi connectivity index (χ0n) is 13.7. The molecule has 0 aliphatic rings. The fourth-order valence-corrected chi connectivity index (χ4v) is 2.77. The molecule has 0 fully saturated rings. The molecule has 3 rings (SSSR count). The van der Waals surface area contributed by atoms with Gasteiger partial charge >= 0.3 is 6.03 Å². The van der Waals surface area contributed by atoms with Gasteiger partial charge in [-0.1, -0.05) is 24.3 Å². The number of hydrogen-bond acceptors (Lipinski definition) is 4. The van der Waals surface area contributed by atoms with Crippen molar-refractivity contribution in [1.82, 2.24) is 4.98 Å². The van der Waals surface area contributed by atoms with Crippen LogP contribution in [0.3, 0.4) is 0 Å². The molecule has 1 heterocycles. The highest BCUT2D eigenvalue weighted by Crippen LogP contribution is 2.19. The summed E-state index contributed by atoms with van der Waals surface area (Å²) < 4.78 is 13.5. The summed E-state index contributed by atoms with van der Waals surface area (Å²) in [7, 11) is 0. The number of para-hydroxylation sites is 1. The number of amides is 3. The van der Waals surface area contributed by atoms with Gasteiger partial charge in [0.05, 0.1) is 0 Å². The Morgan fingerprint density at radius 1 is 1.00 bits per heavy atom. The van der Waals surface area contributed by atoms with Crippen LogP contribution in [0.15, 0.2) is 53.9 Å². The lowest BCUT2D eigenvalue weighted by Gasteiger charge is -2.05. The van der Waals surface area contributed by atoms with E-state index in [1.165, 1.54) is 11.4 Å². The van der Waals surface area contributed by atoms with E-state index >= 15 is 0 Å². The second-order valence-corrected chi connectivity index (χ2v) is 6.26. The number of benzene rings is 2. The number of carbonyl (C=O) groups excluding carboxylic acids is 2. The summed E-state index contributed by atoms with van der Waals surface area (Å²) >= 11 is 1.11. The monoisotopic (exact) mass is 370 g/mol. The molecule has 3 N–H and O–H groups in total. The summed E-state index contributed by atoms with van der Waals surface area (Å²) in [4.78, 5) is 28.2. The molecule has 26 heavy (non-hydrogen) atoms. The summed E-state index contributed by atoms with van der Waals surface area (Å²) in [5, 5.41) is 9.58. The number of nitrogens with zero attached hydrogens (tertiary/aromatic N) is 1. The molecule has 0 saturated carbocycles. The van der Waals surface area contributed by atoms with E-state index in [4.69, 9.17) is 0 Å². The molecule has 3 aromatic rings. The van der Waals surface area contributed by atoms with Gasteiger partial charge in [-0.2, -0.15) is 0 Å². The highest BCUT2D eigenvalue weighted by molar-refractivity contribution is 7.14. The smallest absolute Gasteiger partial charge is 0.321 e. The van der Waals surface area contributed by atoms with E-state index in [0.29, 0.717) is 16.9 Å². The van der Waals surface area contributed by atoms with Gasteiger partial charge in [0, 0.05) is 16.8 Å². The number of rotatable bonds is 4. The Balaban J connectivity index is 1.60. The molecule has 6 nitrogen and oxygen atoms in total. The molecule has 0 atom stereocenters. The molecule has 0 aliphatic heterocycles. The summed E-state index contributed by atoms with van der Waals surface area (Å²) in [6, 6.07) is 12.9. The maximum atomic E-state index is 13.5. The third-order valence-electron chi connectivity index (χ3n) is 3.42. The minimum Gasteiger partial charge on any atom is -0.321 e. The van der Waals surface area contributed by atoms with Gasteiger partial charge in [-0.15, -0.1) is 11.3 Å². The van der Waals surface area contributed by atoms with Crippen LogP contribution in [-0.2, 0) is 0 Å². The number of hydrogen-bond donors (Lipinski definition) is 3. The highest BCUT2D eigenvalue weighted by Gasteiger charge is 2.13. The molecule has 8 heteroatoms. The van der Waals surface area contributed by atoms with Gasteiger partial charge in [-0.05, 0) is 36.8 Å². The fraction of sp³-hybridized carbons (Fsp3) is 0.0556. The van der Waals surface area contributed by atoms with Gasteiger partial charge in [-0.25, -0.2) is 14.2 Å². The van der Waals surface area contributed by atoms with Gasteiger partial charge in [-0.3, -0.25) is 10.1 Å². The highest BCUT2D eigenvalue weighted by atomic mass is 32.1. The van der Waals surface area contributed by atoms with E-state index in [0.717, 1.165) is 11.3 Å². The first-order chi connectivity index (χ1) is 12.5. The van der Waals surface area contributed by atoms with Gasteiger partial charge in [0.1, 0.15) is 11.5 Å². The Morgan fingerprint density at radius 2 is 1.77 bits per heavy atom. The summed E-state index contributed by atoms with van der Waals surface area (Å²) in [6.45, 7) is 1.64. The molecule has 0 aliphatic carbocycles. The van der Waals surface area contributed by atoms with Crippen LogP contribution in [0.2, 0.25) is 0 Å². The molecule has 2 aromatic carbocycles. The Bertz CT molecular complexity index is 943. The second-order valence-electron chi connectivity index (χ2n) is 5.40. The van der Waals surface area contributed by atoms with Crippen LogP contribution in [0.5, 0.6) is 0 Å². The topological polar surface area (TPSA) is 83.1 Å². The van der Waals surface area contributed by atoms with Gasteiger partial charge in [0.25, 0.3) is 5.91 Å². The Labute approximate surface area is 153 Å². The first-order valence-electron chi connectivity index (χ1n) is 7.67. The number of halogens is 1. The molecule has 0 unspecified atom stereocenters. The third kappa shape index (κ3) is 4.42. The Morgan fingerprint density at radius 3 is 2.50 bits per heavy atom. The van der Waals surface area contributed by atoms with Crippen LogP contribution < -0.4 is 16.0 Å². The molecular weight excluding hydrogens is 355 g/mol. The largest absolute Gasteiger partial charge is 0.325 e. The van der Waals surface area contributed by atoms with Crippen LogP contribution in [0.25, 0.3) is 0 Å². The molecule has 0 bridgehead atoms. The molecule has 0 radical (unpaired) electrons. The number of thiazole rings is 1. The minimum atomic E-state index is -0.485. The summed E-state index contributed by atoms with van der Waals surface area (Å²) in [5.74, 6) is -0.887. The molecule has 132 valence electrons. The predicted octanol–water partition coefficient (Wildman–Crippen LogP) is 4.49. The van der Waals surface area contributed by atoms with Crippen molar-refractivity contribution in [3.05, 3.63) is 71.0 Å². The van der Waals surface area contributed by atoms with Crippen LogP contribution in [-0.4, -0.2) is 16.9 Å². The lowest BCUT2D eigenvalue weighted by Crippen LogP contribution is -2.19. The number of aryl methyl sites for hydroxylation is 1. The van der Waals surface area contributed by atoms with Crippen molar-refractivity contribution in [3.63, 3.8) is 0 Å². The van der Waals surface area contributed by atoms with E-state index < -0.39 is 17.8 Å². The predicted molar refractivity (Wildman–Crippen MR) is 100 cm³/mol. The van der Waals surface area contributed by atoms with Crippen molar-refractivity contribution in [3.8, 4) is 0 Å². The van der Waals surface area contributed by atoms with Crippen molar-refractivity contribution in [1.29, 1.82) is 0 Å². The SMILES string of the molecule is Cc1ccc(NC(=O)c2csc(NC(=O)Nc3ccccc3)n2)cc1F. The Kier molecular flexibility index (Phi) is 5.23. The average molecular weight is 370 g/mol. The average Bonchev–Trinajstić information content (AvgIpc) is 3.07. The van der Waals surface area contributed by atoms with Crippen LogP contribution in [0.1, 0.15) is 16.1 Å². The molecule has 3 amide bonds. The summed E-state index contributed by atoms with van der Waals surface area (Å²) in [6.07, 6.45) is 0. The lowest BCUT2D eigenvalue weighted by molar-refractivity contribution is 0.102. The van der Waals surface area contributed by atoms with Crippen LogP contribution in [0, 0.1) is 12.7 Å². The van der Waals surface area contributed by atoms with Crippen molar-refractivity contribution in [2.75, 3.05) is 16.0 Å². The van der Waals surface area contributed by atoms with Crippen molar-refractivity contribution < 1.29 is 14.0 Å². The molecular formula is C18H15FN4O2S. The normalized spacial score (nSPS) is 10.2. The first-order valence-corrected chi connectivity index (χ1v) is 8.55. The standard InChI is InChI=1S/C18H15FN4O2S/c1-11-7-8-13(9-14(11)19)20-16(24)15-10-26-18(22-15)23-17(25)21-12-5-3-2-4-6-12/h2-10H,1H3,(H,20,24)(H2,21,22,23,25). The van der Waals surface area contributed by atoms with Crippen LogP contribution >= 0.6 is 11.3 Å². The minimum absolute atomic E-state index is 0.131.